The van der Waals surface area contributed by atoms with Gasteiger partial charge in [-0.1, -0.05) is 12.1 Å². The van der Waals surface area contributed by atoms with Crippen LogP contribution >= 0.6 is 11.8 Å². The molecular weight excluding hydrogens is 301 g/mol. The van der Waals surface area contributed by atoms with E-state index < -0.39 is 0 Å². The third-order valence-corrected chi connectivity index (χ3v) is 4.23. The van der Waals surface area contributed by atoms with Crippen LogP contribution in [-0.2, 0) is 11.3 Å². The summed E-state index contributed by atoms with van der Waals surface area (Å²) in [6.45, 7) is 2.25. The first kappa shape index (κ1) is 16.4. The third kappa shape index (κ3) is 4.77. The van der Waals surface area contributed by atoms with Crippen molar-refractivity contribution in [2.24, 2.45) is 0 Å². The van der Waals surface area contributed by atoms with Gasteiger partial charge in [-0.15, -0.1) is 11.8 Å². The normalized spacial score (nSPS) is 11.8. The molecule has 0 saturated heterocycles. The van der Waals surface area contributed by atoms with Gasteiger partial charge in [0.2, 0.25) is 5.91 Å². The molecule has 0 radical (unpaired) electrons. The van der Waals surface area contributed by atoms with Crippen molar-refractivity contribution in [2.45, 2.75) is 23.6 Å². The van der Waals surface area contributed by atoms with Crippen molar-refractivity contribution in [3.8, 4) is 5.75 Å². The highest BCUT2D eigenvalue weighted by atomic mass is 32.2. The molecule has 0 heterocycles. The number of rotatable bonds is 6. The summed E-state index contributed by atoms with van der Waals surface area (Å²) in [4.78, 5) is 13.1. The van der Waals surface area contributed by atoms with Crippen molar-refractivity contribution in [2.75, 3.05) is 7.11 Å². The molecule has 0 aliphatic carbocycles. The van der Waals surface area contributed by atoms with Crippen LogP contribution in [0.1, 0.15) is 12.5 Å². The highest BCUT2D eigenvalue weighted by molar-refractivity contribution is 8.00. The summed E-state index contributed by atoms with van der Waals surface area (Å²) in [5.74, 6) is 0.460. The predicted octanol–water partition coefficient (Wildman–Crippen LogP) is 3.63. The molecule has 0 unspecified atom stereocenters. The number of hydrogen-bond donors (Lipinski definition) is 1. The van der Waals surface area contributed by atoms with Crippen molar-refractivity contribution >= 4 is 17.7 Å². The van der Waals surface area contributed by atoms with Crippen LogP contribution in [0, 0.1) is 5.82 Å². The molecule has 2 rings (SSSR count). The van der Waals surface area contributed by atoms with Gasteiger partial charge in [-0.05, 0) is 48.9 Å². The largest absolute Gasteiger partial charge is 0.497 e. The summed E-state index contributed by atoms with van der Waals surface area (Å²) >= 11 is 1.48. The maximum absolute atomic E-state index is 12.8. The minimum absolute atomic E-state index is 0.0508. The highest BCUT2D eigenvalue weighted by Crippen LogP contribution is 2.25. The van der Waals surface area contributed by atoms with Crippen LogP contribution in [0.3, 0.4) is 0 Å². The predicted molar refractivity (Wildman–Crippen MR) is 86.6 cm³/mol. The topological polar surface area (TPSA) is 38.3 Å². The fourth-order valence-corrected chi connectivity index (χ4v) is 2.74. The van der Waals surface area contributed by atoms with Gasteiger partial charge < -0.3 is 10.1 Å². The molecule has 0 aromatic heterocycles. The summed E-state index contributed by atoms with van der Waals surface area (Å²) in [6, 6.07) is 13.7. The molecule has 0 saturated carbocycles. The number of thioether (sulfide) groups is 1. The molecule has 0 fully saturated rings. The van der Waals surface area contributed by atoms with E-state index in [2.05, 4.69) is 5.32 Å². The molecule has 22 heavy (non-hydrogen) atoms. The molecule has 0 bridgehead atoms. The van der Waals surface area contributed by atoms with E-state index >= 15 is 0 Å². The zero-order chi connectivity index (χ0) is 15.9. The quantitative estimate of drug-likeness (QED) is 0.826. The Hall–Kier alpha value is -2.01. The molecule has 1 atom stereocenters. The lowest BCUT2D eigenvalue weighted by molar-refractivity contribution is -0.120. The van der Waals surface area contributed by atoms with E-state index in [0.717, 1.165) is 16.2 Å². The molecule has 116 valence electrons. The summed E-state index contributed by atoms with van der Waals surface area (Å²) in [7, 11) is 1.62. The van der Waals surface area contributed by atoms with Crippen molar-refractivity contribution in [3.05, 3.63) is 59.9 Å². The second-order valence-electron chi connectivity index (χ2n) is 4.78. The van der Waals surface area contributed by atoms with Gasteiger partial charge in [0.1, 0.15) is 11.6 Å². The van der Waals surface area contributed by atoms with E-state index in [4.69, 9.17) is 4.74 Å². The molecule has 0 spiro atoms. The molecule has 2 aromatic rings. The van der Waals surface area contributed by atoms with Gasteiger partial charge >= 0.3 is 0 Å². The van der Waals surface area contributed by atoms with Crippen LogP contribution in [0.15, 0.2) is 53.4 Å². The summed E-state index contributed by atoms with van der Waals surface area (Å²) < 4.78 is 17.9. The Morgan fingerprint density at radius 1 is 1.18 bits per heavy atom. The van der Waals surface area contributed by atoms with Crippen LogP contribution in [0.5, 0.6) is 5.75 Å². The Kier molecular flexibility index (Phi) is 5.83. The summed E-state index contributed by atoms with van der Waals surface area (Å²) in [5.41, 5.74) is 0.872. The first-order valence-corrected chi connectivity index (χ1v) is 7.79. The Labute approximate surface area is 133 Å². The third-order valence-electron chi connectivity index (χ3n) is 3.12. The number of halogens is 1. The molecule has 0 aliphatic rings. The van der Waals surface area contributed by atoms with E-state index in [9.17, 15) is 9.18 Å². The lowest BCUT2D eigenvalue weighted by Gasteiger charge is -2.12. The van der Waals surface area contributed by atoms with E-state index in [1.165, 1.54) is 23.9 Å². The first-order valence-electron chi connectivity index (χ1n) is 6.91. The van der Waals surface area contributed by atoms with Gasteiger partial charge in [0.05, 0.1) is 12.4 Å². The van der Waals surface area contributed by atoms with E-state index in [0.29, 0.717) is 6.54 Å². The molecule has 3 nitrogen and oxygen atoms in total. The van der Waals surface area contributed by atoms with E-state index in [-0.39, 0.29) is 17.0 Å². The standard InChI is InChI=1S/C17H18FNO2S/c1-12(22-16-9-7-15(21-2)8-10-16)17(20)19-11-13-3-5-14(18)6-4-13/h3-10,12H,11H2,1-2H3,(H,19,20)/t12-/m1/s1. The zero-order valence-electron chi connectivity index (χ0n) is 12.5. The lowest BCUT2D eigenvalue weighted by atomic mass is 10.2. The number of nitrogens with one attached hydrogen (secondary N) is 1. The smallest absolute Gasteiger partial charge is 0.233 e. The van der Waals surface area contributed by atoms with Gasteiger partial charge in [-0.3, -0.25) is 4.79 Å². The maximum atomic E-state index is 12.8. The SMILES string of the molecule is COc1ccc(S[C@H](C)C(=O)NCc2ccc(F)cc2)cc1. The zero-order valence-corrected chi connectivity index (χ0v) is 13.3. The Morgan fingerprint density at radius 2 is 1.82 bits per heavy atom. The van der Waals surface area contributed by atoms with E-state index in [1.807, 2.05) is 31.2 Å². The van der Waals surface area contributed by atoms with Gasteiger partial charge in [0.15, 0.2) is 0 Å². The van der Waals surface area contributed by atoms with Crippen molar-refractivity contribution in [1.29, 1.82) is 0 Å². The van der Waals surface area contributed by atoms with Crippen LogP contribution in [0.2, 0.25) is 0 Å². The molecule has 1 N–H and O–H groups in total. The second-order valence-corrected chi connectivity index (χ2v) is 6.19. The molecule has 2 aromatic carbocycles. The van der Waals surface area contributed by atoms with E-state index in [1.54, 1.807) is 19.2 Å². The average molecular weight is 319 g/mol. The number of ether oxygens (including phenoxy) is 1. The molecular formula is C17H18FNO2S. The van der Waals surface area contributed by atoms with Gasteiger partial charge in [0.25, 0.3) is 0 Å². The Morgan fingerprint density at radius 3 is 2.41 bits per heavy atom. The summed E-state index contributed by atoms with van der Waals surface area (Å²) in [5, 5.41) is 2.64. The molecule has 1 amide bonds. The number of methoxy groups -OCH3 is 1. The van der Waals surface area contributed by atoms with Crippen molar-refractivity contribution in [3.63, 3.8) is 0 Å². The Bertz CT molecular complexity index is 614. The minimum atomic E-state index is -0.279. The van der Waals surface area contributed by atoms with Crippen LogP contribution < -0.4 is 10.1 Å². The highest BCUT2D eigenvalue weighted by Gasteiger charge is 2.14. The fraction of sp³-hybridized carbons (Fsp3) is 0.235. The fourth-order valence-electron chi connectivity index (χ4n) is 1.85. The first-order chi connectivity index (χ1) is 10.6. The van der Waals surface area contributed by atoms with Gasteiger partial charge in [-0.25, -0.2) is 4.39 Å². The average Bonchev–Trinajstić information content (AvgIpc) is 2.54. The maximum Gasteiger partial charge on any atom is 0.233 e. The number of carbonyl (C=O) groups is 1. The van der Waals surface area contributed by atoms with Gasteiger partial charge in [0, 0.05) is 11.4 Å². The van der Waals surface area contributed by atoms with Gasteiger partial charge in [-0.2, -0.15) is 0 Å². The minimum Gasteiger partial charge on any atom is -0.497 e. The van der Waals surface area contributed by atoms with Crippen molar-refractivity contribution in [1.82, 2.24) is 5.32 Å². The number of amides is 1. The number of carbonyl (C=O) groups excluding carboxylic acids is 1. The number of hydrogen-bond acceptors (Lipinski definition) is 3. The lowest BCUT2D eigenvalue weighted by Crippen LogP contribution is -2.30. The van der Waals surface area contributed by atoms with Crippen LogP contribution in [-0.4, -0.2) is 18.3 Å². The van der Waals surface area contributed by atoms with Crippen LogP contribution in [0.4, 0.5) is 4.39 Å². The van der Waals surface area contributed by atoms with Crippen LogP contribution in [0.25, 0.3) is 0 Å². The molecule has 5 heteroatoms. The monoisotopic (exact) mass is 319 g/mol. The second kappa shape index (κ2) is 7.84. The number of benzene rings is 2. The molecule has 0 aliphatic heterocycles. The summed E-state index contributed by atoms with van der Waals surface area (Å²) in [6.07, 6.45) is 0. The van der Waals surface area contributed by atoms with Crippen molar-refractivity contribution < 1.29 is 13.9 Å². The Balaban J connectivity index is 1.84.